The van der Waals surface area contributed by atoms with Crippen molar-refractivity contribution in [2.24, 2.45) is 0 Å². The van der Waals surface area contributed by atoms with E-state index < -0.39 is 32.8 Å². The van der Waals surface area contributed by atoms with Gasteiger partial charge in [-0.25, -0.2) is 17.2 Å². The van der Waals surface area contributed by atoms with Gasteiger partial charge in [-0.1, -0.05) is 0 Å². The molecule has 1 fully saturated rings. The summed E-state index contributed by atoms with van der Waals surface area (Å²) in [6.45, 7) is 1.56. The summed E-state index contributed by atoms with van der Waals surface area (Å²) in [5.41, 5.74) is 0. The highest BCUT2D eigenvalue weighted by atomic mass is 32.2. The molecular weight excluding hydrogens is 320 g/mol. The van der Waals surface area contributed by atoms with Crippen molar-refractivity contribution in [2.45, 2.75) is 29.5 Å². The number of benzene rings is 1. The molecule has 1 saturated heterocycles. The lowest BCUT2D eigenvalue weighted by atomic mass is 10.2. The quantitative estimate of drug-likeness (QED) is 0.852. The molecule has 1 aliphatic heterocycles. The largest absolute Gasteiger partial charge is 0.351 e. The van der Waals surface area contributed by atoms with Crippen LogP contribution in [-0.2, 0) is 14.6 Å². The minimum atomic E-state index is -3.07. The van der Waals surface area contributed by atoms with Crippen LogP contribution in [-0.4, -0.2) is 37.1 Å². The third-order valence-electron chi connectivity index (χ3n) is 3.15. The van der Waals surface area contributed by atoms with E-state index in [4.69, 9.17) is 0 Å². The Hall–Kier alpha value is -1.15. The van der Waals surface area contributed by atoms with Crippen LogP contribution in [0.25, 0.3) is 0 Å². The second kappa shape index (κ2) is 6.31. The fourth-order valence-electron chi connectivity index (χ4n) is 2.04. The molecule has 8 heteroatoms. The highest BCUT2D eigenvalue weighted by molar-refractivity contribution is 8.00. The van der Waals surface area contributed by atoms with E-state index in [-0.39, 0.29) is 22.3 Å². The van der Waals surface area contributed by atoms with E-state index in [1.54, 1.807) is 6.92 Å². The molecule has 21 heavy (non-hydrogen) atoms. The third kappa shape index (κ3) is 4.41. The lowest BCUT2D eigenvalue weighted by Crippen LogP contribution is -2.39. The summed E-state index contributed by atoms with van der Waals surface area (Å²) in [4.78, 5) is 12.0. The first-order chi connectivity index (χ1) is 9.77. The summed E-state index contributed by atoms with van der Waals surface area (Å²) in [5, 5.41) is 1.98. The molecule has 0 bridgehead atoms. The van der Waals surface area contributed by atoms with Crippen LogP contribution in [0.15, 0.2) is 23.1 Å². The number of hydrogen-bond acceptors (Lipinski definition) is 4. The van der Waals surface area contributed by atoms with E-state index in [1.165, 1.54) is 0 Å². The molecule has 1 aliphatic rings. The molecule has 0 aromatic heterocycles. The van der Waals surface area contributed by atoms with Crippen molar-refractivity contribution in [1.82, 2.24) is 5.32 Å². The fraction of sp³-hybridized carbons (Fsp3) is 0.462. The first-order valence-corrected chi connectivity index (χ1v) is 9.09. The Labute approximate surface area is 126 Å². The Morgan fingerprint density at radius 3 is 2.76 bits per heavy atom. The summed E-state index contributed by atoms with van der Waals surface area (Å²) >= 11 is 0.899. The van der Waals surface area contributed by atoms with E-state index in [9.17, 15) is 22.0 Å². The van der Waals surface area contributed by atoms with Crippen molar-refractivity contribution in [3.05, 3.63) is 29.8 Å². The van der Waals surface area contributed by atoms with Crippen LogP contribution < -0.4 is 5.32 Å². The van der Waals surface area contributed by atoms with Gasteiger partial charge in [-0.15, -0.1) is 11.8 Å². The van der Waals surface area contributed by atoms with Crippen molar-refractivity contribution in [3.63, 3.8) is 0 Å². The molecule has 2 atom stereocenters. The SMILES string of the molecule is C[C@@H](Sc1cc(F)ccc1F)C(=O)N[C@@H]1CCS(=O)(=O)C1. The van der Waals surface area contributed by atoms with Gasteiger partial charge in [0.2, 0.25) is 5.91 Å². The lowest BCUT2D eigenvalue weighted by molar-refractivity contribution is -0.120. The van der Waals surface area contributed by atoms with Crippen molar-refractivity contribution < 1.29 is 22.0 Å². The number of sulfone groups is 1. The zero-order chi connectivity index (χ0) is 15.6. The normalized spacial score (nSPS) is 22.0. The highest BCUT2D eigenvalue weighted by Crippen LogP contribution is 2.27. The van der Waals surface area contributed by atoms with E-state index in [0.717, 1.165) is 30.0 Å². The number of halogens is 2. The molecule has 1 amide bonds. The van der Waals surface area contributed by atoms with E-state index in [0.29, 0.717) is 6.42 Å². The molecular formula is C13H15F2NO3S2. The van der Waals surface area contributed by atoms with Gasteiger partial charge in [-0.2, -0.15) is 0 Å². The van der Waals surface area contributed by atoms with Crippen LogP contribution in [0.2, 0.25) is 0 Å². The van der Waals surface area contributed by atoms with Gasteiger partial charge in [0.25, 0.3) is 0 Å². The predicted molar refractivity (Wildman–Crippen MR) is 76.9 cm³/mol. The summed E-state index contributed by atoms with van der Waals surface area (Å²) in [7, 11) is -3.07. The molecule has 0 radical (unpaired) electrons. The molecule has 116 valence electrons. The van der Waals surface area contributed by atoms with Crippen molar-refractivity contribution in [2.75, 3.05) is 11.5 Å². The van der Waals surface area contributed by atoms with Crippen LogP contribution in [0.5, 0.6) is 0 Å². The van der Waals surface area contributed by atoms with Gasteiger partial charge < -0.3 is 5.32 Å². The Kier molecular flexibility index (Phi) is 4.88. The number of carbonyl (C=O) groups excluding carboxylic acids is 1. The second-order valence-electron chi connectivity index (χ2n) is 4.94. The number of carbonyl (C=O) groups is 1. The van der Waals surface area contributed by atoms with Crippen molar-refractivity contribution in [1.29, 1.82) is 0 Å². The lowest BCUT2D eigenvalue weighted by Gasteiger charge is -2.16. The number of hydrogen-bond donors (Lipinski definition) is 1. The number of amides is 1. The first kappa shape index (κ1) is 16.2. The van der Waals surface area contributed by atoms with Gasteiger partial charge in [-0.3, -0.25) is 4.79 Å². The molecule has 1 N–H and O–H groups in total. The number of rotatable bonds is 4. The predicted octanol–water partition coefficient (Wildman–Crippen LogP) is 1.75. The molecule has 0 spiro atoms. The fourth-order valence-corrected chi connectivity index (χ4v) is 4.63. The number of nitrogens with one attached hydrogen (secondary N) is 1. The standard InChI is InChI=1S/C13H15F2NO3S2/c1-8(20-12-6-9(14)2-3-11(12)15)13(17)16-10-4-5-21(18,19)7-10/h2-3,6,8,10H,4-5,7H2,1H3,(H,16,17)/t8-,10-/m1/s1. The van der Waals surface area contributed by atoms with E-state index in [2.05, 4.69) is 5.32 Å². The van der Waals surface area contributed by atoms with Gasteiger partial charge in [0.15, 0.2) is 9.84 Å². The maximum atomic E-state index is 13.5. The Bertz CT molecular complexity index is 649. The zero-order valence-corrected chi connectivity index (χ0v) is 12.9. The average Bonchev–Trinajstić information content (AvgIpc) is 2.73. The smallest absolute Gasteiger partial charge is 0.233 e. The van der Waals surface area contributed by atoms with Crippen LogP contribution in [0.1, 0.15) is 13.3 Å². The van der Waals surface area contributed by atoms with Crippen LogP contribution >= 0.6 is 11.8 Å². The molecule has 0 saturated carbocycles. The summed E-state index contributed by atoms with van der Waals surface area (Å²) < 4.78 is 49.2. The van der Waals surface area contributed by atoms with Crippen LogP contribution in [0.3, 0.4) is 0 Å². The average molecular weight is 335 g/mol. The summed E-state index contributed by atoms with van der Waals surface area (Å²) in [6, 6.07) is 2.64. The molecule has 1 heterocycles. The first-order valence-electron chi connectivity index (χ1n) is 6.39. The minimum Gasteiger partial charge on any atom is -0.351 e. The Balaban J connectivity index is 1.95. The zero-order valence-electron chi connectivity index (χ0n) is 11.3. The molecule has 1 aromatic carbocycles. The van der Waals surface area contributed by atoms with E-state index >= 15 is 0 Å². The highest BCUT2D eigenvalue weighted by Gasteiger charge is 2.30. The molecule has 0 unspecified atom stereocenters. The van der Waals surface area contributed by atoms with Gasteiger partial charge in [-0.05, 0) is 31.5 Å². The maximum Gasteiger partial charge on any atom is 0.233 e. The molecule has 0 aliphatic carbocycles. The van der Waals surface area contributed by atoms with Crippen LogP contribution in [0.4, 0.5) is 8.78 Å². The maximum absolute atomic E-state index is 13.5. The van der Waals surface area contributed by atoms with Gasteiger partial charge in [0.1, 0.15) is 11.6 Å². The van der Waals surface area contributed by atoms with Crippen molar-refractivity contribution in [3.8, 4) is 0 Å². The molecule has 4 nitrogen and oxygen atoms in total. The van der Waals surface area contributed by atoms with E-state index in [1.807, 2.05) is 0 Å². The monoisotopic (exact) mass is 335 g/mol. The second-order valence-corrected chi connectivity index (χ2v) is 8.55. The van der Waals surface area contributed by atoms with Gasteiger partial charge >= 0.3 is 0 Å². The van der Waals surface area contributed by atoms with Gasteiger partial charge in [0, 0.05) is 10.9 Å². The topological polar surface area (TPSA) is 63.2 Å². The Morgan fingerprint density at radius 2 is 2.14 bits per heavy atom. The Morgan fingerprint density at radius 1 is 1.43 bits per heavy atom. The van der Waals surface area contributed by atoms with Gasteiger partial charge in [0.05, 0.1) is 16.8 Å². The van der Waals surface area contributed by atoms with Crippen molar-refractivity contribution >= 4 is 27.5 Å². The summed E-state index contributed by atoms with van der Waals surface area (Å²) in [5.74, 6) is -1.55. The van der Waals surface area contributed by atoms with Crippen LogP contribution in [0, 0.1) is 11.6 Å². The molecule has 1 aromatic rings. The third-order valence-corrected chi connectivity index (χ3v) is 6.05. The summed E-state index contributed by atoms with van der Waals surface area (Å²) in [6.07, 6.45) is 0.389. The number of thioether (sulfide) groups is 1. The molecule has 2 rings (SSSR count). The minimum absolute atomic E-state index is 0.0525.